The van der Waals surface area contributed by atoms with Gasteiger partial charge in [0.05, 0.1) is 17.0 Å². The molecule has 0 saturated carbocycles. The van der Waals surface area contributed by atoms with Crippen LogP contribution in [0.2, 0.25) is 0 Å². The summed E-state index contributed by atoms with van der Waals surface area (Å²) in [5, 5.41) is 0. The Bertz CT molecular complexity index is 1130. The van der Waals surface area contributed by atoms with E-state index in [4.69, 9.17) is 0 Å². The highest BCUT2D eigenvalue weighted by Crippen LogP contribution is 2.32. The van der Waals surface area contributed by atoms with Gasteiger partial charge in [0.15, 0.2) is 5.75 Å². The fraction of sp³-hybridized carbons (Fsp3) is 0.381. The molecule has 0 radical (unpaired) electrons. The molecule has 1 aromatic heterocycles. The van der Waals surface area contributed by atoms with Gasteiger partial charge in [-0.2, -0.15) is 0 Å². The van der Waals surface area contributed by atoms with Crippen LogP contribution in [-0.2, 0) is 10.0 Å². The molecule has 1 saturated heterocycles. The first-order valence-electron chi connectivity index (χ1n) is 10.4. The van der Waals surface area contributed by atoms with Crippen molar-refractivity contribution in [1.82, 2.24) is 14.8 Å². The Kier molecular flexibility index (Phi) is 7.64. The summed E-state index contributed by atoms with van der Waals surface area (Å²) in [6, 6.07) is 6.41. The molecule has 0 spiro atoms. The fourth-order valence-electron chi connectivity index (χ4n) is 3.40. The molecule has 13 heteroatoms. The summed E-state index contributed by atoms with van der Waals surface area (Å²) in [6.07, 6.45) is -1.84. The van der Waals surface area contributed by atoms with Crippen molar-refractivity contribution in [2.24, 2.45) is 0 Å². The number of halogens is 3. The second-order valence-electron chi connectivity index (χ2n) is 7.51. The second-order valence-corrected chi connectivity index (χ2v) is 9.35. The van der Waals surface area contributed by atoms with Crippen LogP contribution in [0.15, 0.2) is 42.7 Å². The number of anilines is 1. The Balaban J connectivity index is 1.74. The molecule has 0 unspecified atom stereocenters. The summed E-state index contributed by atoms with van der Waals surface area (Å²) in [4.78, 5) is 32.3. The van der Waals surface area contributed by atoms with E-state index in [1.54, 1.807) is 30.2 Å². The van der Waals surface area contributed by atoms with Crippen molar-refractivity contribution in [3.05, 3.63) is 53.9 Å². The van der Waals surface area contributed by atoms with E-state index in [-0.39, 0.29) is 49.8 Å². The number of piperazine rings is 1. The zero-order valence-electron chi connectivity index (χ0n) is 18.2. The van der Waals surface area contributed by atoms with Crippen molar-refractivity contribution in [3.8, 4) is 5.75 Å². The highest BCUT2D eigenvalue weighted by atomic mass is 32.2. The molecule has 0 aliphatic carbocycles. The highest BCUT2D eigenvalue weighted by molar-refractivity contribution is 7.92. The molecule has 3 rings (SSSR count). The minimum atomic E-state index is -5.09. The molecular weight excluding hydrogens is 477 g/mol. The molecular formula is C21H23F3N4O5S. The number of hydrogen-bond donors (Lipinski definition) is 1. The lowest BCUT2D eigenvalue weighted by molar-refractivity contribution is -0.274. The number of nitrogens with one attached hydrogen (secondary N) is 1. The number of alkyl halides is 3. The Hall–Kier alpha value is -3.35. The Morgan fingerprint density at radius 2 is 1.68 bits per heavy atom. The Morgan fingerprint density at radius 1 is 1.06 bits per heavy atom. The lowest BCUT2D eigenvalue weighted by atomic mass is 10.1. The zero-order chi connectivity index (χ0) is 24.9. The van der Waals surface area contributed by atoms with Gasteiger partial charge in [0.1, 0.15) is 0 Å². The highest BCUT2D eigenvalue weighted by Gasteiger charge is 2.33. The van der Waals surface area contributed by atoms with Gasteiger partial charge >= 0.3 is 6.36 Å². The normalized spacial score (nSPS) is 14.6. The lowest BCUT2D eigenvalue weighted by Crippen LogP contribution is -2.50. The number of hydrogen-bond acceptors (Lipinski definition) is 6. The molecule has 1 aliphatic rings. The first-order valence-corrected chi connectivity index (χ1v) is 12.0. The van der Waals surface area contributed by atoms with Crippen LogP contribution in [0.5, 0.6) is 5.75 Å². The van der Waals surface area contributed by atoms with E-state index in [1.807, 2.05) is 0 Å². The third-order valence-corrected chi connectivity index (χ3v) is 6.43. The first kappa shape index (κ1) is 25.3. The predicted octanol–water partition coefficient (Wildman–Crippen LogP) is 2.73. The summed E-state index contributed by atoms with van der Waals surface area (Å²) in [6.45, 7) is 2.43. The standard InChI is InChI=1S/C21H23F3N4O5S/c1-2-12-34(31,32)26-17-6-5-15(13-18(17)33-21(22,23)24)19(29)27-8-10-28(11-9-27)20(30)16-4-3-7-25-14-16/h3-7,13-14,26H,2,8-12H2,1H3. The molecule has 0 bridgehead atoms. The number of nitrogens with zero attached hydrogens (tertiary/aromatic N) is 3. The van der Waals surface area contributed by atoms with Gasteiger partial charge in [-0.25, -0.2) is 8.42 Å². The van der Waals surface area contributed by atoms with Crippen LogP contribution in [-0.4, -0.2) is 73.3 Å². The maximum atomic E-state index is 12.9. The van der Waals surface area contributed by atoms with Crippen LogP contribution in [0.25, 0.3) is 0 Å². The Morgan fingerprint density at radius 3 is 2.21 bits per heavy atom. The predicted molar refractivity (Wildman–Crippen MR) is 117 cm³/mol. The molecule has 1 aromatic carbocycles. The van der Waals surface area contributed by atoms with Crippen LogP contribution in [0.4, 0.5) is 18.9 Å². The van der Waals surface area contributed by atoms with Crippen molar-refractivity contribution in [2.45, 2.75) is 19.7 Å². The van der Waals surface area contributed by atoms with Crippen molar-refractivity contribution >= 4 is 27.5 Å². The molecule has 2 amide bonds. The van der Waals surface area contributed by atoms with Gasteiger partial charge in [0, 0.05) is 44.1 Å². The summed E-state index contributed by atoms with van der Waals surface area (Å²) in [7, 11) is -3.89. The molecule has 1 fully saturated rings. The van der Waals surface area contributed by atoms with Crippen molar-refractivity contribution in [1.29, 1.82) is 0 Å². The molecule has 9 nitrogen and oxygen atoms in total. The van der Waals surface area contributed by atoms with Gasteiger partial charge in [-0.1, -0.05) is 6.92 Å². The number of sulfonamides is 1. The molecule has 1 N–H and O–H groups in total. The smallest absolute Gasteiger partial charge is 0.404 e. The Labute approximate surface area is 194 Å². The first-order chi connectivity index (χ1) is 16.0. The average Bonchev–Trinajstić information content (AvgIpc) is 2.79. The third kappa shape index (κ3) is 6.59. The quantitative estimate of drug-likeness (QED) is 0.626. The molecule has 0 atom stereocenters. The summed E-state index contributed by atoms with van der Waals surface area (Å²) < 4.78 is 68.8. The number of carbonyl (C=O) groups is 2. The number of amides is 2. The van der Waals surface area contributed by atoms with Crippen molar-refractivity contribution in [2.75, 3.05) is 36.7 Å². The molecule has 34 heavy (non-hydrogen) atoms. The van der Waals surface area contributed by atoms with E-state index < -0.39 is 33.7 Å². The molecule has 2 heterocycles. The summed E-state index contributed by atoms with van der Waals surface area (Å²) in [5.41, 5.74) is -0.115. The van der Waals surface area contributed by atoms with Crippen LogP contribution in [0, 0.1) is 0 Å². The third-order valence-electron chi connectivity index (χ3n) is 4.96. The average molecular weight is 500 g/mol. The van der Waals surface area contributed by atoms with Crippen LogP contribution < -0.4 is 9.46 Å². The van der Waals surface area contributed by atoms with E-state index in [0.717, 1.165) is 12.1 Å². The summed E-state index contributed by atoms with van der Waals surface area (Å²) >= 11 is 0. The monoisotopic (exact) mass is 500 g/mol. The number of benzene rings is 1. The van der Waals surface area contributed by atoms with Crippen molar-refractivity contribution < 1.29 is 35.9 Å². The van der Waals surface area contributed by atoms with Gasteiger partial charge in [0.25, 0.3) is 11.8 Å². The van der Waals surface area contributed by atoms with E-state index in [9.17, 15) is 31.2 Å². The zero-order valence-corrected chi connectivity index (χ0v) is 19.0. The molecule has 1 aliphatic heterocycles. The van der Waals surface area contributed by atoms with Gasteiger partial charge < -0.3 is 14.5 Å². The van der Waals surface area contributed by atoms with Crippen LogP contribution >= 0.6 is 0 Å². The summed E-state index contributed by atoms with van der Waals surface area (Å²) in [5.74, 6) is -1.92. The number of carbonyl (C=O) groups excluding carboxylic acids is 2. The SMILES string of the molecule is CCCS(=O)(=O)Nc1ccc(C(=O)N2CCN(C(=O)c3cccnc3)CC2)cc1OC(F)(F)F. The van der Waals surface area contributed by atoms with E-state index in [2.05, 4.69) is 14.4 Å². The van der Waals surface area contributed by atoms with E-state index >= 15 is 0 Å². The van der Waals surface area contributed by atoms with E-state index in [0.29, 0.717) is 5.56 Å². The maximum Gasteiger partial charge on any atom is 0.573 e. The van der Waals surface area contributed by atoms with Crippen LogP contribution in [0.1, 0.15) is 34.1 Å². The van der Waals surface area contributed by atoms with Gasteiger partial charge in [-0.05, 0) is 36.8 Å². The number of pyridine rings is 1. The number of rotatable bonds is 7. The van der Waals surface area contributed by atoms with Crippen molar-refractivity contribution in [3.63, 3.8) is 0 Å². The van der Waals surface area contributed by atoms with Gasteiger partial charge in [-0.3, -0.25) is 19.3 Å². The molecule has 2 aromatic rings. The van der Waals surface area contributed by atoms with Crippen LogP contribution in [0.3, 0.4) is 0 Å². The minimum absolute atomic E-state index is 0.107. The maximum absolute atomic E-state index is 12.9. The fourth-order valence-corrected chi connectivity index (χ4v) is 4.55. The van der Waals surface area contributed by atoms with Gasteiger partial charge in [-0.15, -0.1) is 13.2 Å². The number of ether oxygens (including phenoxy) is 1. The second kappa shape index (κ2) is 10.3. The lowest BCUT2D eigenvalue weighted by Gasteiger charge is -2.35. The van der Waals surface area contributed by atoms with E-state index in [1.165, 1.54) is 17.2 Å². The van der Waals surface area contributed by atoms with Gasteiger partial charge in [0.2, 0.25) is 10.0 Å². The molecule has 184 valence electrons. The minimum Gasteiger partial charge on any atom is -0.404 e. The number of aromatic nitrogens is 1. The topological polar surface area (TPSA) is 109 Å². The largest absolute Gasteiger partial charge is 0.573 e.